The number of nitrogens with zero attached hydrogens (tertiary/aromatic N) is 1. The van der Waals surface area contributed by atoms with Crippen LogP contribution in [0.25, 0.3) is 0 Å². The number of carbonyl (C=O) groups excluding carboxylic acids is 2. The van der Waals surface area contributed by atoms with Gasteiger partial charge in [0.1, 0.15) is 0 Å². The molecule has 0 fully saturated rings. The Bertz CT molecular complexity index is 696. The van der Waals surface area contributed by atoms with Gasteiger partial charge in [-0.05, 0) is 37.1 Å². The van der Waals surface area contributed by atoms with Crippen molar-refractivity contribution in [2.45, 2.75) is 18.7 Å². The first kappa shape index (κ1) is 18.1. The van der Waals surface area contributed by atoms with E-state index in [1.54, 1.807) is 7.05 Å². The molecule has 24 heavy (non-hydrogen) atoms. The average molecular weight is 342 g/mol. The smallest absolute Gasteiger partial charge is 0.243 e. The molecule has 0 saturated carbocycles. The van der Waals surface area contributed by atoms with Crippen molar-refractivity contribution in [1.29, 1.82) is 0 Å². The zero-order chi connectivity index (χ0) is 17.5. The van der Waals surface area contributed by atoms with E-state index in [1.165, 1.54) is 16.7 Å². The van der Waals surface area contributed by atoms with Crippen LogP contribution in [0.15, 0.2) is 53.4 Å². The summed E-state index contributed by atoms with van der Waals surface area (Å²) < 4.78 is 0. The molecule has 0 aromatic heterocycles. The summed E-state index contributed by atoms with van der Waals surface area (Å²) in [7, 11) is 1.65. The standard InChI is InChI=1S/C19H22N2O2S/c1-14-8-7-9-15(2)19(14)20-17(22)12-21(3)18(23)13-24-16-10-5-4-6-11-16/h4-11H,12-13H2,1-3H3,(H,20,22). The van der Waals surface area contributed by atoms with Gasteiger partial charge >= 0.3 is 0 Å². The fourth-order valence-electron chi connectivity index (χ4n) is 2.27. The lowest BCUT2D eigenvalue weighted by Crippen LogP contribution is -2.36. The van der Waals surface area contributed by atoms with Gasteiger partial charge in [-0.1, -0.05) is 36.4 Å². The maximum Gasteiger partial charge on any atom is 0.243 e. The molecule has 0 heterocycles. The molecule has 4 nitrogen and oxygen atoms in total. The van der Waals surface area contributed by atoms with Crippen LogP contribution < -0.4 is 5.32 Å². The van der Waals surface area contributed by atoms with E-state index in [4.69, 9.17) is 0 Å². The van der Waals surface area contributed by atoms with E-state index < -0.39 is 0 Å². The van der Waals surface area contributed by atoms with Gasteiger partial charge in [-0.15, -0.1) is 11.8 Å². The number of rotatable bonds is 6. The van der Waals surface area contributed by atoms with Gasteiger partial charge < -0.3 is 10.2 Å². The van der Waals surface area contributed by atoms with Crippen LogP contribution in [0.4, 0.5) is 5.69 Å². The number of hydrogen-bond donors (Lipinski definition) is 1. The Balaban J connectivity index is 1.85. The van der Waals surface area contributed by atoms with Crippen LogP contribution >= 0.6 is 11.8 Å². The fraction of sp³-hybridized carbons (Fsp3) is 0.263. The first-order valence-corrected chi connectivity index (χ1v) is 8.74. The SMILES string of the molecule is Cc1cccc(C)c1NC(=O)CN(C)C(=O)CSc1ccccc1. The van der Waals surface area contributed by atoms with E-state index in [1.807, 2.05) is 62.4 Å². The Labute approximate surface area is 147 Å². The minimum atomic E-state index is -0.187. The predicted molar refractivity (Wildman–Crippen MR) is 99.3 cm³/mol. The molecule has 0 aliphatic rings. The summed E-state index contributed by atoms with van der Waals surface area (Å²) in [6.07, 6.45) is 0. The number of para-hydroxylation sites is 1. The summed E-state index contributed by atoms with van der Waals surface area (Å²) in [6.45, 7) is 3.95. The second-order valence-electron chi connectivity index (χ2n) is 5.67. The zero-order valence-electron chi connectivity index (χ0n) is 14.2. The molecule has 126 valence electrons. The van der Waals surface area contributed by atoms with Crippen molar-refractivity contribution >= 4 is 29.3 Å². The molecule has 0 atom stereocenters. The zero-order valence-corrected chi connectivity index (χ0v) is 15.0. The van der Waals surface area contributed by atoms with E-state index >= 15 is 0 Å². The van der Waals surface area contributed by atoms with Crippen molar-refractivity contribution in [3.05, 3.63) is 59.7 Å². The van der Waals surface area contributed by atoms with Gasteiger partial charge in [0.25, 0.3) is 0 Å². The number of aryl methyl sites for hydroxylation is 2. The fourth-order valence-corrected chi connectivity index (χ4v) is 3.13. The molecule has 0 bridgehead atoms. The number of carbonyl (C=O) groups is 2. The Morgan fingerprint density at radius 2 is 1.62 bits per heavy atom. The highest BCUT2D eigenvalue weighted by Crippen LogP contribution is 2.19. The van der Waals surface area contributed by atoms with E-state index in [9.17, 15) is 9.59 Å². The molecule has 2 aromatic carbocycles. The molecule has 2 amide bonds. The van der Waals surface area contributed by atoms with Crippen LogP contribution in [0.1, 0.15) is 11.1 Å². The van der Waals surface area contributed by atoms with Crippen LogP contribution in [-0.4, -0.2) is 36.1 Å². The molecule has 0 unspecified atom stereocenters. The second kappa shape index (κ2) is 8.55. The van der Waals surface area contributed by atoms with Crippen molar-refractivity contribution < 1.29 is 9.59 Å². The maximum absolute atomic E-state index is 12.2. The van der Waals surface area contributed by atoms with Crippen molar-refractivity contribution in [3.8, 4) is 0 Å². The minimum absolute atomic E-state index is 0.0436. The normalized spacial score (nSPS) is 10.3. The van der Waals surface area contributed by atoms with Crippen molar-refractivity contribution in [3.63, 3.8) is 0 Å². The largest absolute Gasteiger partial charge is 0.336 e. The van der Waals surface area contributed by atoms with Crippen LogP contribution in [-0.2, 0) is 9.59 Å². The predicted octanol–water partition coefficient (Wildman–Crippen LogP) is 3.49. The number of nitrogens with one attached hydrogen (secondary N) is 1. The molecular weight excluding hydrogens is 320 g/mol. The quantitative estimate of drug-likeness (QED) is 0.818. The molecule has 2 rings (SSSR count). The number of anilines is 1. The molecule has 0 aliphatic carbocycles. The Hall–Kier alpha value is -2.27. The van der Waals surface area contributed by atoms with Gasteiger partial charge in [0.05, 0.1) is 12.3 Å². The van der Waals surface area contributed by atoms with Gasteiger partial charge in [-0.3, -0.25) is 9.59 Å². The van der Waals surface area contributed by atoms with Crippen LogP contribution in [0.3, 0.4) is 0 Å². The highest BCUT2D eigenvalue weighted by Gasteiger charge is 2.14. The van der Waals surface area contributed by atoms with E-state index in [0.717, 1.165) is 21.7 Å². The summed E-state index contributed by atoms with van der Waals surface area (Å²) in [5.41, 5.74) is 2.84. The third kappa shape index (κ3) is 5.13. The van der Waals surface area contributed by atoms with Gasteiger partial charge in [-0.2, -0.15) is 0 Å². The Morgan fingerprint density at radius 3 is 2.25 bits per heavy atom. The molecule has 5 heteroatoms. The highest BCUT2D eigenvalue weighted by atomic mass is 32.2. The number of hydrogen-bond acceptors (Lipinski definition) is 3. The minimum Gasteiger partial charge on any atom is -0.336 e. The van der Waals surface area contributed by atoms with Crippen LogP contribution in [0.2, 0.25) is 0 Å². The van der Waals surface area contributed by atoms with Gasteiger partial charge in [0.15, 0.2) is 0 Å². The lowest BCUT2D eigenvalue weighted by molar-refractivity contribution is -0.131. The monoisotopic (exact) mass is 342 g/mol. The number of amides is 2. The third-order valence-electron chi connectivity index (χ3n) is 3.66. The van der Waals surface area contributed by atoms with E-state index in [-0.39, 0.29) is 18.4 Å². The van der Waals surface area contributed by atoms with Crippen molar-refractivity contribution in [1.82, 2.24) is 4.90 Å². The number of likely N-dealkylation sites (N-methyl/N-ethyl adjacent to an activating group) is 1. The number of benzene rings is 2. The third-order valence-corrected chi connectivity index (χ3v) is 4.65. The first-order valence-electron chi connectivity index (χ1n) is 7.75. The summed E-state index contributed by atoms with van der Waals surface area (Å²) in [5.74, 6) is 0.0606. The molecule has 0 spiro atoms. The molecule has 1 N–H and O–H groups in total. The lowest BCUT2D eigenvalue weighted by Gasteiger charge is -2.18. The summed E-state index contributed by atoms with van der Waals surface area (Å²) >= 11 is 1.47. The molecular formula is C19H22N2O2S. The summed E-state index contributed by atoms with van der Waals surface area (Å²) in [5, 5.41) is 2.90. The first-order chi connectivity index (χ1) is 11.5. The van der Waals surface area contributed by atoms with Gasteiger partial charge in [-0.25, -0.2) is 0 Å². The summed E-state index contributed by atoms with van der Waals surface area (Å²) in [4.78, 5) is 26.9. The Kier molecular flexibility index (Phi) is 6.44. The van der Waals surface area contributed by atoms with Crippen molar-refractivity contribution in [2.75, 3.05) is 24.7 Å². The van der Waals surface area contributed by atoms with E-state index in [2.05, 4.69) is 5.32 Å². The molecule has 0 saturated heterocycles. The Morgan fingerprint density at radius 1 is 1.00 bits per heavy atom. The lowest BCUT2D eigenvalue weighted by atomic mass is 10.1. The van der Waals surface area contributed by atoms with Gasteiger partial charge in [0, 0.05) is 17.6 Å². The summed E-state index contributed by atoms with van der Waals surface area (Å²) in [6, 6.07) is 15.6. The second-order valence-corrected chi connectivity index (χ2v) is 6.72. The molecule has 0 radical (unpaired) electrons. The highest BCUT2D eigenvalue weighted by molar-refractivity contribution is 8.00. The van der Waals surface area contributed by atoms with Gasteiger partial charge in [0.2, 0.25) is 11.8 Å². The van der Waals surface area contributed by atoms with Crippen molar-refractivity contribution in [2.24, 2.45) is 0 Å². The number of thioether (sulfide) groups is 1. The van der Waals surface area contributed by atoms with Crippen LogP contribution in [0.5, 0.6) is 0 Å². The molecule has 2 aromatic rings. The topological polar surface area (TPSA) is 49.4 Å². The maximum atomic E-state index is 12.2. The van der Waals surface area contributed by atoms with E-state index in [0.29, 0.717) is 5.75 Å². The van der Waals surface area contributed by atoms with Crippen LogP contribution in [0, 0.1) is 13.8 Å². The molecule has 0 aliphatic heterocycles. The average Bonchev–Trinajstić information content (AvgIpc) is 2.57.